The summed E-state index contributed by atoms with van der Waals surface area (Å²) in [5, 5.41) is 1.10. The Hall–Kier alpha value is -2.57. The minimum atomic E-state index is -0.510. The van der Waals surface area contributed by atoms with Crippen LogP contribution in [-0.4, -0.2) is 36.7 Å². The molecule has 0 saturated carbocycles. The number of amides is 2. The highest BCUT2D eigenvalue weighted by Crippen LogP contribution is 2.23. The van der Waals surface area contributed by atoms with Crippen LogP contribution in [0.1, 0.15) is 5.56 Å². The van der Waals surface area contributed by atoms with Crippen LogP contribution in [-0.2, 0) is 9.59 Å². The van der Waals surface area contributed by atoms with Crippen LogP contribution in [0.25, 0.3) is 6.08 Å². The van der Waals surface area contributed by atoms with E-state index in [9.17, 15) is 14.0 Å². The van der Waals surface area contributed by atoms with Gasteiger partial charge in [-0.2, -0.15) is 0 Å². The molecule has 0 unspecified atom stereocenters. The number of nitrogens with zero attached hydrogens (tertiary/aromatic N) is 2. The first kappa shape index (κ1) is 20.2. The van der Waals surface area contributed by atoms with Crippen molar-refractivity contribution in [3.63, 3.8) is 0 Å². The first-order valence-corrected chi connectivity index (χ1v) is 9.70. The lowest BCUT2D eigenvalue weighted by Crippen LogP contribution is -2.35. The van der Waals surface area contributed by atoms with Crippen LogP contribution in [0.5, 0.6) is 0 Å². The van der Waals surface area contributed by atoms with Gasteiger partial charge in [-0.05, 0) is 48.0 Å². The number of rotatable bonds is 7. The van der Waals surface area contributed by atoms with E-state index < -0.39 is 17.6 Å². The van der Waals surface area contributed by atoms with E-state index in [-0.39, 0.29) is 5.57 Å². The molecule has 1 N–H and O–H groups in total. The van der Waals surface area contributed by atoms with E-state index in [1.165, 1.54) is 30.3 Å². The van der Waals surface area contributed by atoms with Crippen LogP contribution in [0.15, 0.2) is 54.1 Å². The van der Waals surface area contributed by atoms with Gasteiger partial charge < -0.3 is 4.90 Å². The summed E-state index contributed by atoms with van der Waals surface area (Å²) < 4.78 is 13.1. The van der Waals surface area contributed by atoms with Gasteiger partial charge in [0.15, 0.2) is 0 Å². The van der Waals surface area contributed by atoms with Gasteiger partial charge in [0.25, 0.3) is 11.8 Å². The zero-order valence-corrected chi connectivity index (χ0v) is 16.4. The van der Waals surface area contributed by atoms with Gasteiger partial charge in [-0.3, -0.25) is 15.0 Å². The lowest BCUT2D eigenvalue weighted by atomic mass is 10.1. The fraction of sp³-hybridized carbons (Fsp3) is 0.200. The SMILES string of the molecule is O=C1NN(c2ccc(F)cc2)C(=O)C1=Cc1ccc(N(CCCl)CCCl)cc1. The standard InChI is InChI=1S/C20H18Cl2FN3O2/c21-9-11-25(12-10-22)16-5-1-14(2-6-16)13-18-19(27)24-26(20(18)28)17-7-3-15(23)4-8-17/h1-8,13H,9-12H2,(H,24,27). The average molecular weight is 422 g/mol. The molecule has 0 bridgehead atoms. The van der Waals surface area contributed by atoms with Crippen molar-refractivity contribution in [2.24, 2.45) is 0 Å². The van der Waals surface area contributed by atoms with E-state index in [4.69, 9.17) is 23.2 Å². The summed E-state index contributed by atoms with van der Waals surface area (Å²) in [4.78, 5) is 26.9. The lowest BCUT2D eigenvalue weighted by molar-refractivity contribution is -0.117. The maximum atomic E-state index is 13.1. The van der Waals surface area contributed by atoms with E-state index in [2.05, 4.69) is 10.3 Å². The van der Waals surface area contributed by atoms with E-state index in [0.29, 0.717) is 36.1 Å². The summed E-state index contributed by atoms with van der Waals surface area (Å²) >= 11 is 11.7. The van der Waals surface area contributed by atoms with Crippen molar-refractivity contribution in [2.45, 2.75) is 0 Å². The average Bonchev–Trinajstić information content (AvgIpc) is 2.97. The van der Waals surface area contributed by atoms with E-state index in [0.717, 1.165) is 10.7 Å². The van der Waals surface area contributed by atoms with Crippen LogP contribution >= 0.6 is 23.2 Å². The van der Waals surface area contributed by atoms with Gasteiger partial charge in [-0.25, -0.2) is 9.40 Å². The largest absolute Gasteiger partial charge is 0.369 e. The highest BCUT2D eigenvalue weighted by molar-refractivity contribution is 6.31. The molecule has 0 atom stereocenters. The first-order valence-electron chi connectivity index (χ1n) is 8.63. The number of anilines is 2. The molecule has 1 heterocycles. The van der Waals surface area contributed by atoms with Crippen LogP contribution < -0.4 is 15.3 Å². The van der Waals surface area contributed by atoms with Gasteiger partial charge in [-0.1, -0.05) is 12.1 Å². The number of halogens is 3. The van der Waals surface area contributed by atoms with Crippen molar-refractivity contribution < 1.29 is 14.0 Å². The second-order valence-electron chi connectivity index (χ2n) is 6.07. The smallest absolute Gasteiger partial charge is 0.282 e. The third-order valence-corrected chi connectivity index (χ3v) is 4.59. The highest BCUT2D eigenvalue weighted by Gasteiger charge is 2.34. The molecule has 0 aliphatic carbocycles. The van der Waals surface area contributed by atoms with Crippen molar-refractivity contribution in [1.29, 1.82) is 0 Å². The van der Waals surface area contributed by atoms with E-state index in [1.54, 1.807) is 0 Å². The topological polar surface area (TPSA) is 52.7 Å². The third-order valence-electron chi connectivity index (χ3n) is 4.25. The minimum absolute atomic E-state index is 0.00967. The number of nitrogens with one attached hydrogen (secondary N) is 1. The monoisotopic (exact) mass is 421 g/mol. The van der Waals surface area contributed by atoms with Crippen molar-refractivity contribution in [2.75, 3.05) is 34.8 Å². The van der Waals surface area contributed by atoms with Crippen molar-refractivity contribution in [1.82, 2.24) is 5.43 Å². The van der Waals surface area contributed by atoms with Crippen LogP contribution in [0.4, 0.5) is 15.8 Å². The zero-order valence-electron chi connectivity index (χ0n) is 14.9. The maximum Gasteiger partial charge on any atom is 0.282 e. The lowest BCUT2D eigenvalue weighted by Gasteiger charge is -2.22. The number of alkyl halides is 2. The summed E-state index contributed by atoms with van der Waals surface area (Å²) in [5.74, 6) is -0.460. The number of benzene rings is 2. The zero-order chi connectivity index (χ0) is 20.1. The molecule has 1 saturated heterocycles. The molecular weight excluding hydrogens is 404 g/mol. The second kappa shape index (κ2) is 9.08. The number of hydrogen-bond acceptors (Lipinski definition) is 3. The van der Waals surface area contributed by atoms with Crippen LogP contribution in [0.3, 0.4) is 0 Å². The van der Waals surface area contributed by atoms with Gasteiger partial charge in [0.2, 0.25) is 0 Å². The Morgan fingerprint density at radius 1 is 0.964 bits per heavy atom. The van der Waals surface area contributed by atoms with Gasteiger partial charge >= 0.3 is 0 Å². The Morgan fingerprint density at radius 3 is 2.14 bits per heavy atom. The van der Waals surface area contributed by atoms with Gasteiger partial charge in [0, 0.05) is 30.5 Å². The van der Waals surface area contributed by atoms with Crippen molar-refractivity contribution in [3.8, 4) is 0 Å². The quantitative estimate of drug-likeness (QED) is 0.422. The molecule has 5 nitrogen and oxygen atoms in total. The Balaban J connectivity index is 1.80. The molecule has 0 radical (unpaired) electrons. The van der Waals surface area contributed by atoms with Crippen molar-refractivity contribution in [3.05, 3.63) is 65.5 Å². The molecular formula is C20H18Cl2FN3O2. The van der Waals surface area contributed by atoms with Crippen molar-refractivity contribution >= 4 is 52.5 Å². The summed E-state index contributed by atoms with van der Waals surface area (Å²) in [6, 6.07) is 12.7. The molecule has 2 aromatic carbocycles. The molecule has 1 aliphatic heterocycles. The molecule has 8 heteroatoms. The summed E-state index contributed by atoms with van der Waals surface area (Å²) in [6.45, 7) is 1.34. The molecule has 2 aromatic rings. The fourth-order valence-corrected chi connectivity index (χ4v) is 3.26. The third kappa shape index (κ3) is 4.46. The number of hydrogen-bond donors (Lipinski definition) is 1. The van der Waals surface area contributed by atoms with Gasteiger partial charge in [-0.15, -0.1) is 23.2 Å². The normalized spacial score (nSPS) is 15.2. The van der Waals surface area contributed by atoms with Crippen LogP contribution in [0, 0.1) is 5.82 Å². The van der Waals surface area contributed by atoms with Gasteiger partial charge in [0.05, 0.1) is 5.69 Å². The molecule has 1 aliphatic rings. The summed E-state index contributed by atoms with van der Waals surface area (Å²) in [5.41, 5.74) is 4.55. The predicted octanol–water partition coefficient (Wildman–Crippen LogP) is 3.57. The number of carbonyl (C=O) groups excluding carboxylic acids is 2. The van der Waals surface area contributed by atoms with E-state index >= 15 is 0 Å². The van der Waals surface area contributed by atoms with Gasteiger partial charge in [0.1, 0.15) is 11.4 Å². The number of carbonyl (C=O) groups is 2. The maximum absolute atomic E-state index is 13.1. The highest BCUT2D eigenvalue weighted by atomic mass is 35.5. The first-order chi connectivity index (χ1) is 13.5. The Kier molecular flexibility index (Phi) is 6.54. The summed E-state index contributed by atoms with van der Waals surface area (Å²) in [6.07, 6.45) is 1.53. The molecule has 1 fully saturated rings. The molecule has 3 rings (SSSR count). The minimum Gasteiger partial charge on any atom is -0.369 e. The van der Waals surface area contributed by atoms with Crippen LogP contribution in [0.2, 0.25) is 0 Å². The molecule has 0 spiro atoms. The predicted molar refractivity (Wildman–Crippen MR) is 110 cm³/mol. The summed E-state index contributed by atoms with van der Waals surface area (Å²) in [7, 11) is 0. The Morgan fingerprint density at radius 2 is 1.57 bits per heavy atom. The number of hydrazine groups is 1. The second-order valence-corrected chi connectivity index (χ2v) is 6.83. The fourth-order valence-electron chi connectivity index (χ4n) is 2.85. The van der Waals surface area contributed by atoms with E-state index in [1.807, 2.05) is 24.3 Å². The molecule has 146 valence electrons. The molecule has 28 heavy (non-hydrogen) atoms. The molecule has 0 aromatic heterocycles. The Labute approximate surface area is 172 Å². The Bertz CT molecular complexity index is 879. The molecule has 2 amide bonds.